The molecule has 16 heavy (non-hydrogen) atoms. The average Bonchev–Trinajstić information content (AvgIpc) is 2.68. The van der Waals surface area contributed by atoms with Crippen LogP contribution in [0.2, 0.25) is 0 Å². The third kappa shape index (κ3) is 1.80. The highest BCUT2D eigenvalue weighted by atomic mass is 32.1. The molecule has 1 saturated heterocycles. The molecule has 0 unspecified atom stereocenters. The molecule has 0 bridgehead atoms. The van der Waals surface area contributed by atoms with Crippen molar-refractivity contribution in [3.8, 4) is 0 Å². The fraction of sp³-hybridized carbons (Fsp3) is 0.636. The Morgan fingerprint density at radius 1 is 1.56 bits per heavy atom. The van der Waals surface area contributed by atoms with Crippen LogP contribution in [-0.2, 0) is 0 Å². The van der Waals surface area contributed by atoms with Crippen LogP contribution in [0, 0.1) is 6.92 Å². The van der Waals surface area contributed by atoms with Crippen molar-refractivity contribution in [2.45, 2.75) is 39.2 Å². The number of aromatic nitrogens is 1. The van der Waals surface area contributed by atoms with E-state index in [2.05, 4.69) is 23.7 Å². The first-order valence-electron chi connectivity index (χ1n) is 5.40. The summed E-state index contributed by atoms with van der Waals surface area (Å²) in [5.74, 6) is -0.933. The van der Waals surface area contributed by atoms with Crippen molar-refractivity contribution in [3.63, 3.8) is 0 Å². The summed E-state index contributed by atoms with van der Waals surface area (Å²) in [7, 11) is 0. The van der Waals surface area contributed by atoms with E-state index in [9.17, 15) is 4.79 Å². The van der Waals surface area contributed by atoms with Crippen LogP contribution in [0.3, 0.4) is 0 Å². The van der Waals surface area contributed by atoms with Gasteiger partial charge in [0.1, 0.15) is 0 Å². The molecule has 0 aromatic carbocycles. The summed E-state index contributed by atoms with van der Waals surface area (Å²) >= 11 is 1.48. The lowest BCUT2D eigenvalue weighted by molar-refractivity contribution is 0.0690. The second-order valence-corrected chi connectivity index (χ2v) is 5.96. The average molecular weight is 240 g/mol. The molecule has 1 aliphatic rings. The number of hydrogen-bond donors (Lipinski definition) is 1. The molecule has 0 aliphatic carbocycles. The van der Waals surface area contributed by atoms with Crippen LogP contribution in [0.5, 0.6) is 0 Å². The monoisotopic (exact) mass is 240 g/mol. The fourth-order valence-corrected chi connectivity index (χ4v) is 3.25. The topological polar surface area (TPSA) is 53.4 Å². The van der Waals surface area contributed by atoms with Crippen LogP contribution >= 0.6 is 11.3 Å². The third-order valence-corrected chi connectivity index (χ3v) is 4.11. The number of aromatic carboxylic acids is 1. The van der Waals surface area contributed by atoms with Crippen LogP contribution in [0.4, 0.5) is 5.13 Å². The number of carboxylic acid groups (broad SMARTS) is 1. The van der Waals surface area contributed by atoms with Crippen molar-refractivity contribution in [2.75, 3.05) is 11.4 Å². The van der Waals surface area contributed by atoms with Crippen LogP contribution < -0.4 is 4.90 Å². The molecule has 0 saturated carbocycles. The maximum atomic E-state index is 10.9. The maximum absolute atomic E-state index is 10.9. The number of hydrogen-bond acceptors (Lipinski definition) is 4. The van der Waals surface area contributed by atoms with E-state index in [1.165, 1.54) is 11.3 Å². The van der Waals surface area contributed by atoms with E-state index in [-0.39, 0.29) is 11.2 Å². The molecule has 1 N–H and O–H groups in total. The van der Waals surface area contributed by atoms with Gasteiger partial charge in [0.2, 0.25) is 0 Å². The number of aryl methyl sites for hydroxylation is 1. The molecular weight excluding hydrogens is 224 g/mol. The van der Waals surface area contributed by atoms with Crippen molar-refractivity contribution < 1.29 is 9.90 Å². The van der Waals surface area contributed by atoms with E-state index >= 15 is 0 Å². The fourth-order valence-electron chi connectivity index (χ4n) is 2.16. The number of nitrogens with zero attached hydrogens (tertiary/aromatic N) is 2. The molecule has 5 heteroatoms. The molecule has 0 spiro atoms. The van der Waals surface area contributed by atoms with Crippen molar-refractivity contribution in [2.24, 2.45) is 0 Å². The van der Waals surface area contributed by atoms with E-state index < -0.39 is 5.97 Å². The van der Waals surface area contributed by atoms with Crippen LogP contribution in [0.15, 0.2) is 0 Å². The largest absolute Gasteiger partial charge is 0.476 e. The summed E-state index contributed by atoms with van der Waals surface area (Å²) in [6.45, 7) is 7.14. The van der Waals surface area contributed by atoms with Gasteiger partial charge in [-0.15, -0.1) is 11.3 Å². The van der Waals surface area contributed by atoms with Gasteiger partial charge in [-0.25, -0.2) is 9.78 Å². The molecule has 1 fully saturated rings. The van der Waals surface area contributed by atoms with Crippen LogP contribution in [0.1, 0.15) is 42.1 Å². The van der Waals surface area contributed by atoms with Gasteiger partial charge in [0.15, 0.2) is 10.8 Å². The summed E-state index contributed by atoms with van der Waals surface area (Å²) in [5, 5.41) is 9.82. The van der Waals surface area contributed by atoms with Crippen molar-refractivity contribution in [1.82, 2.24) is 4.98 Å². The molecule has 1 aliphatic heterocycles. The molecule has 1 aromatic heterocycles. The summed E-state index contributed by atoms with van der Waals surface area (Å²) in [5.41, 5.74) is 0.294. The lowest BCUT2D eigenvalue weighted by atomic mass is 10.0. The van der Waals surface area contributed by atoms with E-state index in [0.29, 0.717) is 0 Å². The molecule has 0 amide bonds. The molecule has 0 radical (unpaired) electrons. The summed E-state index contributed by atoms with van der Waals surface area (Å²) < 4.78 is 0. The smallest absolute Gasteiger partial charge is 0.355 e. The van der Waals surface area contributed by atoms with E-state index in [4.69, 9.17) is 5.11 Å². The van der Waals surface area contributed by atoms with Gasteiger partial charge in [0, 0.05) is 17.0 Å². The van der Waals surface area contributed by atoms with Crippen LogP contribution in [0.25, 0.3) is 0 Å². The number of carboxylic acids is 1. The molecule has 88 valence electrons. The van der Waals surface area contributed by atoms with Crippen molar-refractivity contribution in [1.29, 1.82) is 0 Å². The normalized spacial score (nSPS) is 19.1. The SMILES string of the molecule is Cc1sc(N2CCCC2(C)C)nc1C(=O)O. The minimum atomic E-state index is -0.933. The zero-order chi connectivity index (χ0) is 11.9. The second-order valence-electron chi connectivity index (χ2n) is 4.77. The Kier molecular flexibility index (Phi) is 2.66. The summed E-state index contributed by atoms with van der Waals surface area (Å²) in [6.07, 6.45) is 2.28. The zero-order valence-electron chi connectivity index (χ0n) is 9.78. The van der Waals surface area contributed by atoms with Gasteiger partial charge in [-0.2, -0.15) is 0 Å². The number of anilines is 1. The highest BCUT2D eigenvalue weighted by Gasteiger charge is 2.34. The van der Waals surface area contributed by atoms with E-state index in [1.807, 2.05) is 6.92 Å². The zero-order valence-corrected chi connectivity index (χ0v) is 10.6. The summed E-state index contributed by atoms with van der Waals surface area (Å²) in [4.78, 5) is 18.2. The van der Waals surface area contributed by atoms with Crippen molar-refractivity contribution >= 4 is 22.4 Å². The van der Waals surface area contributed by atoms with Gasteiger partial charge in [-0.3, -0.25) is 0 Å². The predicted octanol–water partition coefficient (Wildman–Crippen LogP) is 2.53. The van der Waals surface area contributed by atoms with Crippen LogP contribution in [-0.4, -0.2) is 28.1 Å². The molecule has 1 aromatic rings. The first-order valence-corrected chi connectivity index (χ1v) is 6.22. The Bertz CT molecular complexity index is 426. The van der Waals surface area contributed by atoms with Gasteiger partial charge in [-0.05, 0) is 33.6 Å². The standard InChI is InChI=1S/C11H16N2O2S/c1-7-8(9(14)15)12-10(16-7)13-6-4-5-11(13,2)3/h4-6H2,1-3H3,(H,14,15). The van der Waals surface area contributed by atoms with Gasteiger partial charge in [0.05, 0.1) is 0 Å². The Hall–Kier alpha value is -1.10. The Morgan fingerprint density at radius 2 is 2.25 bits per heavy atom. The van der Waals surface area contributed by atoms with Gasteiger partial charge in [0.25, 0.3) is 0 Å². The Labute approximate surface area is 98.9 Å². The van der Waals surface area contributed by atoms with Gasteiger partial charge < -0.3 is 10.0 Å². The highest BCUT2D eigenvalue weighted by Crippen LogP contribution is 2.36. The third-order valence-electron chi connectivity index (χ3n) is 3.12. The van der Waals surface area contributed by atoms with Gasteiger partial charge >= 0.3 is 5.97 Å². The lowest BCUT2D eigenvalue weighted by Gasteiger charge is -2.31. The first-order chi connectivity index (χ1) is 7.42. The Morgan fingerprint density at radius 3 is 2.69 bits per heavy atom. The van der Waals surface area contributed by atoms with E-state index in [1.54, 1.807) is 0 Å². The maximum Gasteiger partial charge on any atom is 0.355 e. The Balaban J connectivity index is 2.35. The van der Waals surface area contributed by atoms with Gasteiger partial charge in [-0.1, -0.05) is 0 Å². The first kappa shape index (κ1) is 11.4. The number of rotatable bonds is 2. The number of carbonyl (C=O) groups is 1. The predicted molar refractivity (Wildman–Crippen MR) is 64.5 cm³/mol. The minimum Gasteiger partial charge on any atom is -0.476 e. The molecule has 4 nitrogen and oxygen atoms in total. The molecule has 2 rings (SSSR count). The number of thiazole rings is 1. The lowest BCUT2D eigenvalue weighted by Crippen LogP contribution is -2.38. The quantitative estimate of drug-likeness (QED) is 0.863. The van der Waals surface area contributed by atoms with Crippen molar-refractivity contribution in [3.05, 3.63) is 10.6 Å². The van der Waals surface area contributed by atoms with E-state index in [0.717, 1.165) is 29.4 Å². The summed E-state index contributed by atoms with van der Waals surface area (Å²) in [6, 6.07) is 0. The highest BCUT2D eigenvalue weighted by molar-refractivity contribution is 7.15. The second kappa shape index (κ2) is 3.73. The molecule has 2 heterocycles. The minimum absolute atomic E-state index is 0.0973. The molecule has 0 atom stereocenters. The molecular formula is C11H16N2O2S.